The number of carboxylic acid groups (broad SMARTS) is 1. The predicted octanol–water partition coefficient (Wildman–Crippen LogP) is 2.68. The van der Waals surface area contributed by atoms with Crippen molar-refractivity contribution in [1.29, 1.82) is 0 Å². The molecule has 3 aromatic heterocycles. The number of nitrogens with zero attached hydrogens (tertiary/aromatic N) is 6. The van der Waals surface area contributed by atoms with E-state index in [9.17, 15) is 15.0 Å². The Morgan fingerprint density at radius 2 is 2.09 bits per heavy atom. The lowest BCUT2D eigenvalue weighted by atomic mass is 10.1. The van der Waals surface area contributed by atoms with Gasteiger partial charge in [0.2, 0.25) is 5.95 Å². The number of aromatic carboxylic acids is 1. The molecule has 0 saturated carbocycles. The Kier molecular flexibility index (Phi) is 6.47. The van der Waals surface area contributed by atoms with E-state index in [2.05, 4.69) is 30.2 Å². The summed E-state index contributed by atoms with van der Waals surface area (Å²) in [4.78, 5) is 33.4. The second kappa shape index (κ2) is 9.45. The number of carboxylic acids is 1. The number of rotatable bonds is 7. The molecule has 0 aromatic carbocycles. The monoisotopic (exact) mass is 455 g/mol. The molecule has 1 aliphatic rings. The molecule has 32 heavy (non-hydrogen) atoms. The molecule has 1 saturated heterocycles. The number of aryl methyl sites for hydroxylation is 1. The highest BCUT2D eigenvalue weighted by atomic mass is 32.1. The first-order valence-electron chi connectivity index (χ1n) is 10.3. The Labute approximate surface area is 189 Å². The first-order chi connectivity index (χ1) is 15.4. The molecule has 10 nitrogen and oxygen atoms in total. The van der Waals surface area contributed by atoms with Gasteiger partial charge in [-0.05, 0) is 31.4 Å². The number of aromatic nitrogens is 4. The summed E-state index contributed by atoms with van der Waals surface area (Å²) in [6.07, 6.45) is 4.63. The van der Waals surface area contributed by atoms with E-state index in [1.165, 1.54) is 0 Å². The quantitative estimate of drug-likeness (QED) is 0.489. The molecule has 1 aliphatic heterocycles. The normalized spacial score (nSPS) is 14.4. The second-order valence-corrected chi connectivity index (χ2v) is 8.71. The molecule has 168 valence electrons. The molecule has 1 fully saturated rings. The number of carbonyl (C=O) groups is 1. The maximum atomic E-state index is 11.4. The molecule has 0 atom stereocenters. The second-order valence-electron chi connectivity index (χ2n) is 7.71. The van der Waals surface area contributed by atoms with Crippen LogP contribution < -0.4 is 15.1 Å². The predicted molar refractivity (Wildman–Crippen MR) is 123 cm³/mol. The summed E-state index contributed by atoms with van der Waals surface area (Å²) in [5.41, 5.74) is 1.49. The summed E-state index contributed by atoms with van der Waals surface area (Å²) in [7, 11) is 1.94. The number of aliphatic hydroxyl groups is 1. The largest absolute Gasteiger partial charge is 0.477 e. The average Bonchev–Trinajstić information content (AvgIpc) is 3.15. The Hall–Kier alpha value is -3.31. The molecule has 3 N–H and O–H groups in total. The number of anilines is 4. The van der Waals surface area contributed by atoms with Crippen LogP contribution in [0.25, 0.3) is 0 Å². The molecule has 0 unspecified atom stereocenters. The van der Waals surface area contributed by atoms with Crippen LogP contribution in [0.5, 0.6) is 0 Å². The van der Waals surface area contributed by atoms with E-state index in [0.717, 1.165) is 22.7 Å². The Bertz CT molecular complexity index is 1080. The summed E-state index contributed by atoms with van der Waals surface area (Å²) in [6.45, 7) is 3.67. The van der Waals surface area contributed by atoms with Gasteiger partial charge in [-0.25, -0.2) is 9.78 Å². The topological polar surface area (TPSA) is 128 Å². The van der Waals surface area contributed by atoms with Crippen LogP contribution >= 0.6 is 11.3 Å². The lowest BCUT2D eigenvalue weighted by Gasteiger charge is -2.31. The SMILES string of the molecule is Cc1nc(Nc2nc(N(C)Cc3cccnc3)cc(N3CCC(O)CC3)n2)sc1C(=O)O. The van der Waals surface area contributed by atoms with Crippen molar-refractivity contribution in [3.63, 3.8) is 0 Å². The Balaban J connectivity index is 1.63. The zero-order valence-electron chi connectivity index (χ0n) is 17.9. The van der Waals surface area contributed by atoms with Gasteiger partial charge in [-0.2, -0.15) is 9.97 Å². The van der Waals surface area contributed by atoms with Crippen molar-refractivity contribution in [2.75, 3.05) is 35.3 Å². The Morgan fingerprint density at radius 1 is 1.31 bits per heavy atom. The van der Waals surface area contributed by atoms with Crippen LogP contribution in [0.3, 0.4) is 0 Å². The fourth-order valence-corrected chi connectivity index (χ4v) is 4.32. The van der Waals surface area contributed by atoms with Gasteiger partial charge >= 0.3 is 5.97 Å². The standard InChI is InChI=1S/C21H25N7O3S/c1-13-18(19(30)31)32-21(23-13)26-20-24-16(27(2)12-14-4-3-7-22-11-14)10-17(25-20)28-8-5-15(29)6-9-28/h3-4,7,10-11,15,29H,5-6,8-9,12H2,1-2H3,(H,30,31)(H,23,24,25,26). The molecule has 4 heterocycles. The van der Waals surface area contributed by atoms with Crippen LogP contribution in [0, 0.1) is 6.92 Å². The van der Waals surface area contributed by atoms with E-state index in [-0.39, 0.29) is 11.0 Å². The molecular formula is C21H25N7O3S. The van der Waals surface area contributed by atoms with Crippen molar-refractivity contribution in [1.82, 2.24) is 19.9 Å². The fraction of sp³-hybridized carbons (Fsp3) is 0.381. The molecule has 4 rings (SSSR count). The van der Waals surface area contributed by atoms with Gasteiger partial charge in [0, 0.05) is 45.1 Å². The van der Waals surface area contributed by atoms with Gasteiger partial charge in [0.1, 0.15) is 16.5 Å². The summed E-state index contributed by atoms with van der Waals surface area (Å²) in [5.74, 6) is 0.784. The number of hydrogen-bond donors (Lipinski definition) is 3. The zero-order valence-corrected chi connectivity index (χ0v) is 18.7. The molecule has 0 bridgehead atoms. The molecular weight excluding hydrogens is 430 g/mol. The van der Waals surface area contributed by atoms with Crippen molar-refractivity contribution in [2.45, 2.75) is 32.4 Å². The van der Waals surface area contributed by atoms with E-state index in [0.29, 0.717) is 55.1 Å². The molecule has 0 spiro atoms. The van der Waals surface area contributed by atoms with Crippen molar-refractivity contribution < 1.29 is 15.0 Å². The third-order valence-electron chi connectivity index (χ3n) is 5.23. The smallest absolute Gasteiger partial charge is 0.347 e. The highest BCUT2D eigenvalue weighted by molar-refractivity contribution is 7.17. The van der Waals surface area contributed by atoms with Gasteiger partial charge in [0.25, 0.3) is 0 Å². The molecule has 0 radical (unpaired) electrons. The molecule has 0 aliphatic carbocycles. The van der Waals surface area contributed by atoms with Crippen molar-refractivity contribution in [3.8, 4) is 0 Å². The lowest BCUT2D eigenvalue weighted by Crippen LogP contribution is -2.36. The highest BCUT2D eigenvalue weighted by Gasteiger charge is 2.21. The van der Waals surface area contributed by atoms with Crippen molar-refractivity contribution in [2.24, 2.45) is 0 Å². The summed E-state index contributed by atoms with van der Waals surface area (Å²) < 4.78 is 0. The molecule has 3 aromatic rings. The van der Waals surface area contributed by atoms with Crippen LogP contribution in [-0.4, -0.2) is 62.4 Å². The number of thiazole rings is 1. The van der Waals surface area contributed by atoms with Crippen LogP contribution in [-0.2, 0) is 6.54 Å². The van der Waals surface area contributed by atoms with Crippen LogP contribution in [0.1, 0.15) is 33.8 Å². The maximum absolute atomic E-state index is 11.4. The minimum absolute atomic E-state index is 0.183. The minimum atomic E-state index is -1.01. The third kappa shape index (κ3) is 5.11. The number of nitrogens with one attached hydrogen (secondary N) is 1. The van der Waals surface area contributed by atoms with Crippen LogP contribution in [0.4, 0.5) is 22.7 Å². The minimum Gasteiger partial charge on any atom is -0.477 e. The Morgan fingerprint density at radius 3 is 2.75 bits per heavy atom. The van der Waals surface area contributed by atoms with E-state index < -0.39 is 5.97 Å². The van der Waals surface area contributed by atoms with E-state index in [1.54, 1.807) is 13.1 Å². The highest BCUT2D eigenvalue weighted by Crippen LogP contribution is 2.28. The van der Waals surface area contributed by atoms with Crippen molar-refractivity contribution >= 4 is 40.0 Å². The lowest BCUT2D eigenvalue weighted by molar-refractivity contribution is 0.0701. The van der Waals surface area contributed by atoms with E-state index in [4.69, 9.17) is 0 Å². The zero-order chi connectivity index (χ0) is 22.7. The number of aliphatic hydroxyl groups excluding tert-OH is 1. The van der Waals surface area contributed by atoms with Gasteiger partial charge < -0.3 is 20.0 Å². The molecule has 11 heteroatoms. The van der Waals surface area contributed by atoms with Gasteiger partial charge in [-0.3, -0.25) is 10.3 Å². The maximum Gasteiger partial charge on any atom is 0.347 e. The number of piperidine rings is 1. The number of hydrogen-bond acceptors (Lipinski definition) is 10. The average molecular weight is 456 g/mol. The van der Waals surface area contributed by atoms with Gasteiger partial charge in [0.05, 0.1) is 11.8 Å². The van der Waals surface area contributed by atoms with E-state index >= 15 is 0 Å². The van der Waals surface area contributed by atoms with Gasteiger partial charge in [0.15, 0.2) is 5.13 Å². The van der Waals surface area contributed by atoms with Gasteiger partial charge in [-0.1, -0.05) is 17.4 Å². The van der Waals surface area contributed by atoms with Crippen molar-refractivity contribution in [3.05, 3.63) is 46.7 Å². The number of pyridine rings is 1. The van der Waals surface area contributed by atoms with Crippen LogP contribution in [0.15, 0.2) is 30.6 Å². The first-order valence-corrected chi connectivity index (χ1v) is 11.1. The first kappa shape index (κ1) is 21.9. The third-order valence-corrected chi connectivity index (χ3v) is 6.29. The van der Waals surface area contributed by atoms with E-state index in [1.807, 2.05) is 36.3 Å². The van der Waals surface area contributed by atoms with Gasteiger partial charge in [-0.15, -0.1) is 0 Å². The van der Waals surface area contributed by atoms with Crippen LogP contribution in [0.2, 0.25) is 0 Å². The summed E-state index contributed by atoms with van der Waals surface area (Å²) in [6, 6.07) is 5.82. The molecule has 0 amide bonds. The fourth-order valence-electron chi connectivity index (χ4n) is 3.52. The summed E-state index contributed by atoms with van der Waals surface area (Å²) in [5, 5.41) is 22.7. The summed E-state index contributed by atoms with van der Waals surface area (Å²) >= 11 is 1.05.